The quantitative estimate of drug-likeness (QED) is 0.818. The predicted octanol–water partition coefficient (Wildman–Crippen LogP) is 3.77. The van der Waals surface area contributed by atoms with Gasteiger partial charge in [-0.2, -0.15) is 0 Å². The van der Waals surface area contributed by atoms with Gasteiger partial charge >= 0.3 is 0 Å². The summed E-state index contributed by atoms with van der Waals surface area (Å²) in [5.41, 5.74) is 5.26. The van der Waals surface area contributed by atoms with Crippen LogP contribution in [0.4, 0.5) is 5.69 Å². The lowest BCUT2D eigenvalue weighted by molar-refractivity contribution is -0.120. The molecule has 110 valence electrons. The average Bonchev–Trinajstić information content (AvgIpc) is 2.49. The van der Waals surface area contributed by atoms with Crippen molar-refractivity contribution in [3.63, 3.8) is 0 Å². The van der Waals surface area contributed by atoms with Crippen LogP contribution in [0.1, 0.15) is 25.8 Å². The number of nitrogens with one attached hydrogen (secondary N) is 1. The van der Waals surface area contributed by atoms with E-state index in [1.165, 1.54) is 0 Å². The van der Waals surface area contributed by atoms with Crippen molar-refractivity contribution < 1.29 is 4.79 Å². The van der Waals surface area contributed by atoms with Crippen LogP contribution in [0.15, 0.2) is 60.7 Å². The number of nitrogens with zero attached hydrogens (tertiary/aromatic N) is 1. The zero-order valence-electron chi connectivity index (χ0n) is 12.6. The van der Waals surface area contributed by atoms with Gasteiger partial charge in [-0.25, -0.2) is 10.4 Å². The van der Waals surface area contributed by atoms with E-state index in [1.54, 1.807) is 5.01 Å². The van der Waals surface area contributed by atoms with Crippen molar-refractivity contribution in [2.75, 3.05) is 5.01 Å². The number of carbonyl (C=O) groups is 1. The molecule has 3 heteroatoms. The molecule has 0 fully saturated rings. The first-order valence-electron chi connectivity index (χ1n) is 7.32. The van der Waals surface area contributed by atoms with Crippen LogP contribution in [-0.2, 0) is 11.3 Å². The Bertz CT molecular complexity index is 552. The van der Waals surface area contributed by atoms with Gasteiger partial charge in [0.2, 0.25) is 5.91 Å². The summed E-state index contributed by atoms with van der Waals surface area (Å²) in [5, 5.41) is 1.66. The van der Waals surface area contributed by atoms with Gasteiger partial charge < -0.3 is 0 Å². The normalized spacial score (nSPS) is 10.6. The van der Waals surface area contributed by atoms with Crippen LogP contribution in [0.3, 0.4) is 0 Å². The van der Waals surface area contributed by atoms with Crippen LogP contribution in [0.5, 0.6) is 0 Å². The van der Waals surface area contributed by atoms with E-state index >= 15 is 0 Å². The fourth-order valence-corrected chi connectivity index (χ4v) is 2.11. The molecule has 3 nitrogen and oxygen atoms in total. The van der Waals surface area contributed by atoms with Gasteiger partial charge in [-0.1, -0.05) is 62.4 Å². The molecule has 0 spiro atoms. The number of rotatable bonds is 6. The summed E-state index contributed by atoms with van der Waals surface area (Å²) in [6, 6.07) is 19.8. The van der Waals surface area contributed by atoms with Gasteiger partial charge in [0.15, 0.2) is 0 Å². The van der Waals surface area contributed by atoms with Crippen LogP contribution in [0, 0.1) is 5.92 Å². The summed E-state index contributed by atoms with van der Waals surface area (Å²) >= 11 is 0. The fraction of sp³-hybridized carbons (Fsp3) is 0.278. The molecule has 0 atom stereocenters. The van der Waals surface area contributed by atoms with E-state index in [0.29, 0.717) is 18.9 Å². The molecule has 0 aromatic heterocycles. The van der Waals surface area contributed by atoms with Crippen LogP contribution >= 0.6 is 0 Å². The van der Waals surface area contributed by atoms with E-state index in [1.807, 2.05) is 60.7 Å². The van der Waals surface area contributed by atoms with Crippen molar-refractivity contribution in [1.82, 2.24) is 5.43 Å². The highest BCUT2D eigenvalue weighted by atomic mass is 16.2. The molecule has 0 radical (unpaired) electrons. The molecule has 2 aromatic rings. The van der Waals surface area contributed by atoms with Gasteiger partial charge in [0.05, 0.1) is 5.69 Å². The maximum absolute atomic E-state index is 12.4. The number of hydrogen-bond donors (Lipinski definition) is 1. The van der Waals surface area contributed by atoms with Crippen molar-refractivity contribution in [2.45, 2.75) is 26.8 Å². The Balaban J connectivity index is 2.10. The van der Waals surface area contributed by atoms with Crippen molar-refractivity contribution in [3.05, 3.63) is 66.2 Å². The number of hydrogen-bond acceptors (Lipinski definition) is 2. The standard InChI is InChI=1S/C18H22N2O/c1-15(2)13-18(21)20(17-11-7-4-8-12-17)19-14-16-9-5-3-6-10-16/h3-12,15,19H,13-14H2,1-2H3. The minimum atomic E-state index is 0.0899. The Morgan fingerprint density at radius 2 is 1.57 bits per heavy atom. The molecule has 0 heterocycles. The van der Waals surface area contributed by atoms with Crippen molar-refractivity contribution in [1.29, 1.82) is 0 Å². The van der Waals surface area contributed by atoms with Crippen molar-refractivity contribution >= 4 is 11.6 Å². The SMILES string of the molecule is CC(C)CC(=O)N(NCc1ccccc1)c1ccccc1. The molecule has 21 heavy (non-hydrogen) atoms. The second kappa shape index (κ2) is 7.60. The lowest BCUT2D eigenvalue weighted by Gasteiger charge is -2.24. The van der Waals surface area contributed by atoms with Gasteiger partial charge in [-0.3, -0.25) is 4.79 Å². The molecule has 0 bridgehead atoms. The molecule has 1 N–H and O–H groups in total. The highest BCUT2D eigenvalue weighted by molar-refractivity contribution is 5.92. The summed E-state index contributed by atoms with van der Waals surface area (Å²) in [6.07, 6.45) is 0.524. The summed E-state index contributed by atoms with van der Waals surface area (Å²) in [5.74, 6) is 0.425. The third-order valence-corrected chi connectivity index (χ3v) is 3.13. The first-order valence-corrected chi connectivity index (χ1v) is 7.32. The van der Waals surface area contributed by atoms with E-state index in [0.717, 1.165) is 11.3 Å². The third-order valence-electron chi connectivity index (χ3n) is 3.13. The zero-order chi connectivity index (χ0) is 15.1. The van der Waals surface area contributed by atoms with Gasteiger partial charge in [-0.15, -0.1) is 0 Å². The Labute approximate surface area is 126 Å². The Kier molecular flexibility index (Phi) is 5.52. The number of carbonyl (C=O) groups excluding carboxylic acids is 1. The molecule has 2 rings (SSSR count). The highest BCUT2D eigenvalue weighted by Crippen LogP contribution is 2.15. The van der Waals surface area contributed by atoms with Crippen molar-refractivity contribution in [3.8, 4) is 0 Å². The van der Waals surface area contributed by atoms with Gasteiger partial charge in [0.1, 0.15) is 0 Å². The largest absolute Gasteiger partial charge is 0.273 e. The molecule has 0 saturated carbocycles. The fourth-order valence-electron chi connectivity index (χ4n) is 2.11. The summed E-state index contributed by atoms with van der Waals surface area (Å²) in [7, 11) is 0. The van der Waals surface area contributed by atoms with Gasteiger partial charge in [0, 0.05) is 13.0 Å². The number of anilines is 1. The predicted molar refractivity (Wildman–Crippen MR) is 86.7 cm³/mol. The summed E-state index contributed by atoms with van der Waals surface area (Å²) in [6.45, 7) is 4.73. The lowest BCUT2D eigenvalue weighted by Crippen LogP contribution is -2.43. The number of amides is 1. The first-order chi connectivity index (χ1) is 10.2. The minimum Gasteiger partial charge on any atom is -0.273 e. The van der Waals surface area contributed by atoms with E-state index < -0.39 is 0 Å². The maximum Gasteiger partial charge on any atom is 0.241 e. The number of benzene rings is 2. The molecule has 1 amide bonds. The Morgan fingerprint density at radius 3 is 2.14 bits per heavy atom. The number of hydrazine groups is 1. The summed E-state index contributed by atoms with van der Waals surface area (Å²) in [4.78, 5) is 12.4. The molecule has 0 aliphatic rings. The Morgan fingerprint density at radius 1 is 1.00 bits per heavy atom. The minimum absolute atomic E-state index is 0.0899. The first kappa shape index (κ1) is 15.3. The van der Waals surface area contributed by atoms with Crippen LogP contribution in [0.25, 0.3) is 0 Å². The van der Waals surface area contributed by atoms with E-state index in [9.17, 15) is 4.79 Å². The third kappa shape index (κ3) is 4.72. The second-order valence-electron chi connectivity index (χ2n) is 5.48. The van der Waals surface area contributed by atoms with E-state index in [2.05, 4.69) is 19.3 Å². The van der Waals surface area contributed by atoms with E-state index in [-0.39, 0.29) is 5.91 Å². The van der Waals surface area contributed by atoms with E-state index in [4.69, 9.17) is 0 Å². The van der Waals surface area contributed by atoms with Gasteiger partial charge in [0.25, 0.3) is 0 Å². The molecule has 0 aliphatic carbocycles. The Hall–Kier alpha value is -2.13. The maximum atomic E-state index is 12.4. The molecule has 0 unspecified atom stereocenters. The van der Waals surface area contributed by atoms with Gasteiger partial charge in [-0.05, 0) is 23.6 Å². The molecular weight excluding hydrogens is 260 g/mol. The highest BCUT2D eigenvalue weighted by Gasteiger charge is 2.16. The average molecular weight is 282 g/mol. The van der Waals surface area contributed by atoms with Crippen molar-refractivity contribution in [2.24, 2.45) is 5.92 Å². The molecule has 0 aliphatic heterocycles. The molecule has 0 saturated heterocycles. The van der Waals surface area contributed by atoms with Crippen LogP contribution in [-0.4, -0.2) is 5.91 Å². The number of para-hydroxylation sites is 1. The molecule has 2 aromatic carbocycles. The zero-order valence-corrected chi connectivity index (χ0v) is 12.6. The second-order valence-corrected chi connectivity index (χ2v) is 5.48. The van der Waals surface area contributed by atoms with Crippen LogP contribution < -0.4 is 10.4 Å². The lowest BCUT2D eigenvalue weighted by atomic mass is 10.1. The topological polar surface area (TPSA) is 32.3 Å². The summed E-state index contributed by atoms with van der Waals surface area (Å²) < 4.78 is 0. The molecular formula is C18H22N2O. The monoisotopic (exact) mass is 282 g/mol. The van der Waals surface area contributed by atoms with Crippen LogP contribution in [0.2, 0.25) is 0 Å². The smallest absolute Gasteiger partial charge is 0.241 e.